The first kappa shape index (κ1) is 18.8. The van der Waals surface area contributed by atoms with E-state index in [2.05, 4.69) is 34.4 Å². The number of hydrogen-bond donors (Lipinski definition) is 2. The summed E-state index contributed by atoms with van der Waals surface area (Å²) in [5.74, 6) is 0.534. The van der Waals surface area contributed by atoms with Gasteiger partial charge in [0.2, 0.25) is 0 Å². The second-order valence-corrected chi connectivity index (χ2v) is 7.28. The third kappa shape index (κ3) is 6.15. The molecule has 1 fully saturated rings. The molecular weight excluding hydrogens is 302 g/mol. The zero-order chi connectivity index (χ0) is 17.4. The highest BCUT2D eigenvalue weighted by atomic mass is 16.2. The number of hydrogen-bond acceptors (Lipinski definition) is 3. The molecule has 6 nitrogen and oxygen atoms in total. The number of urea groups is 1. The Morgan fingerprint density at radius 1 is 1.17 bits per heavy atom. The van der Waals surface area contributed by atoms with Crippen LogP contribution in [0.25, 0.3) is 0 Å². The molecule has 0 radical (unpaired) electrons. The van der Waals surface area contributed by atoms with Crippen molar-refractivity contribution in [3.8, 4) is 0 Å². The topological polar surface area (TPSA) is 62.2 Å². The molecule has 1 saturated heterocycles. The Morgan fingerprint density at radius 2 is 1.88 bits per heavy atom. The largest absolute Gasteiger partial charge is 0.337 e. The average Bonchev–Trinajstić information content (AvgIpc) is 2.88. The summed E-state index contributed by atoms with van der Waals surface area (Å²) in [4.78, 5) is 18.8. The number of likely N-dealkylation sites (tertiary alicyclic amines) is 1. The Hall–Kier alpha value is -1.56. The van der Waals surface area contributed by atoms with Crippen LogP contribution in [0.15, 0.2) is 18.7 Å². The van der Waals surface area contributed by atoms with Crippen molar-refractivity contribution >= 4 is 6.03 Å². The number of carbonyl (C=O) groups excluding carboxylic acids is 1. The number of nitrogens with zero attached hydrogens (tertiary/aromatic N) is 3. The molecular formula is C18H33N5O. The Labute approximate surface area is 146 Å². The van der Waals surface area contributed by atoms with Gasteiger partial charge in [-0.25, -0.2) is 9.78 Å². The number of amides is 2. The molecule has 0 spiro atoms. The van der Waals surface area contributed by atoms with Crippen molar-refractivity contribution in [3.05, 3.63) is 18.7 Å². The summed E-state index contributed by atoms with van der Waals surface area (Å²) in [6.45, 7) is 10.3. The van der Waals surface area contributed by atoms with Gasteiger partial charge in [-0.15, -0.1) is 0 Å². The fourth-order valence-corrected chi connectivity index (χ4v) is 3.44. The van der Waals surface area contributed by atoms with Crippen LogP contribution in [0.2, 0.25) is 0 Å². The fraction of sp³-hybridized carbons (Fsp3) is 0.778. The zero-order valence-electron chi connectivity index (χ0n) is 15.4. The number of carbonyl (C=O) groups is 1. The summed E-state index contributed by atoms with van der Waals surface area (Å²) in [7, 11) is 0. The second kappa shape index (κ2) is 9.67. The van der Waals surface area contributed by atoms with Crippen LogP contribution in [-0.4, -0.2) is 52.2 Å². The van der Waals surface area contributed by atoms with Crippen LogP contribution in [0.1, 0.15) is 46.5 Å². The molecule has 2 amide bonds. The zero-order valence-corrected chi connectivity index (χ0v) is 15.4. The monoisotopic (exact) mass is 335 g/mol. The van der Waals surface area contributed by atoms with E-state index in [9.17, 15) is 4.79 Å². The number of imidazole rings is 1. The maximum Gasteiger partial charge on any atom is 0.315 e. The quantitative estimate of drug-likeness (QED) is 0.805. The van der Waals surface area contributed by atoms with Crippen LogP contribution in [0.4, 0.5) is 4.79 Å². The van der Waals surface area contributed by atoms with E-state index in [1.54, 1.807) is 12.5 Å². The highest BCUT2D eigenvalue weighted by Crippen LogP contribution is 2.17. The number of rotatable bonds is 7. The first-order valence-corrected chi connectivity index (χ1v) is 9.30. The number of aromatic nitrogens is 2. The Bertz CT molecular complexity index is 466. The van der Waals surface area contributed by atoms with E-state index in [-0.39, 0.29) is 12.1 Å². The first-order chi connectivity index (χ1) is 11.6. The summed E-state index contributed by atoms with van der Waals surface area (Å²) in [6.07, 6.45) is 10.6. The summed E-state index contributed by atoms with van der Waals surface area (Å²) in [6, 6.07) is 0.399. The van der Waals surface area contributed by atoms with E-state index in [0.717, 1.165) is 19.6 Å². The van der Waals surface area contributed by atoms with E-state index in [1.807, 2.05) is 17.7 Å². The Kier molecular flexibility index (Phi) is 7.56. The van der Waals surface area contributed by atoms with Crippen molar-refractivity contribution in [2.45, 2.75) is 65.1 Å². The van der Waals surface area contributed by atoms with Gasteiger partial charge in [0.25, 0.3) is 0 Å². The lowest BCUT2D eigenvalue weighted by atomic mass is 10.0. The van der Waals surface area contributed by atoms with Crippen molar-refractivity contribution in [1.82, 2.24) is 25.1 Å². The maximum absolute atomic E-state index is 12.2. The van der Waals surface area contributed by atoms with Gasteiger partial charge in [-0.3, -0.25) is 4.90 Å². The molecule has 0 bridgehead atoms. The molecule has 2 rings (SSSR count). The van der Waals surface area contributed by atoms with Gasteiger partial charge in [0.05, 0.1) is 6.33 Å². The predicted octanol–water partition coefficient (Wildman–Crippen LogP) is 2.47. The normalized spacial score (nSPS) is 18.8. The fourth-order valence-electron chi connectivity index (χ4n) is 3.44. The standard InChI is InChI=1S/C18H33N5O/c1-15(2)17(23-9-6-4-5-7-10-23)12-20-18(24)21-16(3)13-22-11-8-19-14-22/h8,11,14-17H,4-7,9-10,12-13H2,1-3H3,(H2,20,21,24)/t16-,17-/m1/s1. The van der Waals surface area contributed by atoms with Crippen LogP contribution in [0, 0.1) is 5.92 Å². The minimum absolute atomic E-state index is 0.0647. The molecule has 0 saturated carbocycles. The molecule has 2 atom stereocenters. The smallest absolute Gasteiger partial charge is 0.315 e. The molecule has 1 aromatic rings. The second-order valence-electron chi connectivity index (χ2n) is 7.28. The van der Waals surface area contributed by atoms with E-state index >= 15 is 0 Å². The van der Waals surface area contributed by atoms with Gasteiger partial charge >= 0.3 is 6.03 Å². The van der Waals surface area contributed by atoms with E-state index in [1.165, 1.54) is 25.7 Å². The van der Waals surface area contributed by atoms with Gasteiger partial charge in [0.15, 0.2) is 0 Å². The molecule has 2 heterocycles. The summed E-state index contributed by atoms with van der Waals surface area (Å²) < 4.78 is 1.97. The minimum atomic E-state index is -0.0805. The highest BCUT2D eigenvalue weighted by Gasteiger charge is 2.23. The van der Waals surface area contributed by atoms with Gasteiger partial charge < -0.3 is 15.2 Å². The van der Waals surface area contributed by atoms with Gasteiger partial charge in [0.1, 0.15) is 0 Å². The van der Waals surface area contributed by atoms with Crippen molar-refractivity contribution in [3.63, 3.8) is 0 Å². The molecule has 0 aromatic carbocycles. The van der Waals surface area contributed by atoms with Gasteiger partial charge in [-0.1, -0.05) is 26.7 Å². The third-order valence-corrected chi connectivity index (χ3v) is 4.77. The highest BCUT2D eigenvalue weighted by molar-refractivity contribution is 5.74. The third-order valence-electron chi connectivity index (χ3n) is 4.77. The van der Waals surface area contributed by atoms with E-state index in [0.29, 0.717) is 18.5 Å². The predicted molar refractivity (Wildman–Crippen MR) is 96.9 cm³/mol. The lowest BCUT2D eigenvalue weighted by Crippen LogP contribution is -2.50. The van der Waals surface area contributed by atoms with Crippen molar-refractivity contribution in [2.24, 2.45) is 5.92 Å². The lowest BCUT2D eigenvalue weighted by Gasteiger charge is -2.33. The Morgan fingerprint density at radius 3 is 2.46 bits per heavy atom. The van der Waals surface area contributed by atoms with Crippen LogP contribution in [0.5, 0.6) is 0 Å². The van der Waals surface area contributed by atoms with E-state index < -0.39 is 0 Å². The summed E-state index contributed by atoms with van der Waals surface area (Å²) >= 11 is 0. The first-order valence-electron chi connectivity index (χ1n) is 9.30. The summed E-state index contributed by atoms with van der Waals surface area (Å²) in [5, 5.41) is 6.09. The van der Waals surface area contributed by atoms with E-state index in [4.69, 9.17) is 0 Å². The molecule has 1 aromatic heterocycles. The van der Waals surface area contributed by atoms with Gasteiger partial charge in [-0.2, -0.15) is 0 Å². The van der Waals surface area contributed by atoms with Crippen molar-refractivity contribution in [1.29, 1.82) is 0 Å². The molecule has 24 heavy (non-hydrogen) atoms. The maximum atomic E-state index is 12.2. The van der Waals surface area contributed by atoms with Crippen LogP contribution in [-0.2, 0) is 6.54 Å². The summed E-state index contributed by atoms with van der Waals surface area (Å²) in [5.41, 5.74) is 0. The molecule has 6 heteroatoms. The number of nitrogens with one attached hydrogen (secondary N) is 2. The average molecular weight is 335 g/mol. The Balaban J connectivity index is 1.76. The molecule has 1 aliphatic heterocycles. The van der Waals surface area contributed by atoms with Crippen LogP contribution >= 0.6 is 0 Å². The molecule has 2 N–H and O–H groups in total. The molecule has 136 valence electrons. The van der Waals surface area contributed by atoms with Gasteiger partial charge in [0, 0.05) is 37.6 Å². The van der Waals surface area contributed by atoms with Crippen LogP contribution in [0.3, 0.4) is 0 Å². The lowest BCUT2D eigenvalue weighted by molar-refractivity contribution is 0.156. The van der Waals surface area contributed by atoms with Crippen molar-refractivity contribution < 1.29 is 4.79 Å². The SMILES string of the molecule is CC(C)[C@@H](CNC(=O)N[C@H](C)Cn1ccnc1)N1CCCCCC1. The van der Waals surface area contributed by atoms with Gasteiger partial charge in [-0.05, 0) is 38.8 Å². The molecule has 1 aliphatic rings. The molecule has 0 unspecified atom stereocenters. The van der Waals surface area contributed by atoms with Crippen LogP contribution < -0.4 is 10.6 Å². The minimum Gasteiger partial charge on any atom is -0.337 e. The van der Waals surface area contributed by atoms with Crippen molar-refractivity contribution in [2.75, 3.05) is 19.6 Å². The molecule has 0 aliphatic carbocycles.